The molecule has 0 heterocycles. The highest BCUT2D eigenvalue weighted by atomic mass is 14.7. The summed E-state index contributed by atoms with van der Waals surface area (Å²) in [7, 11) is 0. The van der Waals surface area contributed by atoms with E-state index in [1.54, 1.807) is 0 Å². The molecule has 0 rings (SSSR count). The number of hydrogen-bond donors (Lipinski definition) is 0. The number of hydrogen-bond acceptors (Lipinski definition) is 1. The Morgan fingerprint density at radius 3 is 2.00 bits per heavy atom. The first-order chi connectivity index (χ1) is 5.99. The smallest absolute Gasteiger partial charge is 0.0386 e. The van der Waals surface area contributed by atoms with E-state index in [9.17, 15) is 0 Å². The zero-order valence-electron chi connectivity index (χ0n) is 9.46. The van der Waals surface area contributed by atoms with Gasteiger partial charge >= 0.3 is 0 Å². The monoisotopic (exact) mass is 179 g/mol. The predicted molar refractivity (Wildman–Crippen MR) is 61.1 cm³/mol. The van der Waals surface area contributed by atoms with Gasteiger partial charge in [0, 0.05) is 11.9 Å². The SMILES string of the molecule is C=C(C=NC(=CC)C(C)C)C(C)C. The highest BCUT2D eigenvalue weighted by molar-refractivity contribution is 5.78. The molecule has 0 saturated carbocycles. The van der Waals surface area contributed by atoms with Crippen molar-refractivity contribution < 1.29 is 0 Å². The Morgan fingerprint density at radius 1 is 1.15 bits per heavy atom. The highest BCUT2D eigenvalue weighted by Crippen LogP contribution is 2.11. The standard InChI is InChI=1S/C12H21N/c1-7-12(10(4)5)13-8-11(6)9(2)3/h7-10H,6H2,1-5H3. The van der Waals surface area contributed by atoms with Crippen LogP contribution in [0.5, 0.6) is 0 Å². The van der Waals surface area contributed by atoms with Crippen LogP contribution in [0.25, 0.3) is 0 Å². The molecule has 0 aromatic heterocycles. The number of aliphatic imine (C=N–C) groups is 1. The fraction of sp³-hybridized carbons (Fsp3) is 0.583. The minimum atomic E-state index is 0.481. The van der Waals surface area contributed by atoms with Crippen molar-refractivity contribution in [2.75, 3.05) is 0 Å². The van der Waals surface area contributed by atoms with Crippen LogP contribution in [-0.2, 0) is 0 Å². The van der Waals surface area contributed by atoms with Crippen LogP contribution >= 0.6 is 0 Å². The second-order valence-corrected chi connectivity index (χ2v) is 3.86. The summed E-state index contributed by atoms with van der Waals surface area (Å²) in [5.74, 6) is 0.968. The van der Waals surface area contributed by atoms with Crippen molar-refractivity contribution in [3.63, 3.8) is 0 Å². The van der Waals surface area contributed by atoms with Gasteiger partial charge in [-0.25, -0.2) is 0 Å². The molecule has 0 aromatic rings. The zero-order chi connectivity index (χ0) is 10.4. The normalized spacial score (nSPS) is 13.3. The third-order valence-electron chi connectivity index (χ3n) is 2.01. The molecule has 13 heavy (non-hydrogen) atoms. The molecule has 0 N–H and O–H groups in total. The van der Waals surface area contributed by atoms with Crippen molar-refractivity contribution in [3.8, 4) is 0 Å². The Hall–Kier alpha value is -0.850. The van der Waals surface area contributed by atoms with Gasteiger partial charge in [-0.3, -0.25) is 4.99 Å². The molecular weight excluding hydrogens is 158 g/mol. The van der Waals surface area contributed by atoms with Gasteiger partial charge in [-0.2, -0.15) is 0 Å². The first-order valence-electron chi connectivity index (χ1n) is 4.88. The molecule has 1 heteroatoms. The summed E-state index contributed by atoms with van der Waals surface area (Å²) in [5.41, 5.74) is 2.21. The van der Waals surface area contributed by atoms with E-state index in [2.05, 4.69) is 45.3 Å². The van der Waals surface area contributed by atoms with E-state index in [4.69, 9.17) is 0 Å². The van der Waals surface area contributed by atoms with Crippen molar-refractivity contribution >= 4 is 6.21 Å². The lowest BCUT2D eigenvalue weighted by Gasteiger charge is -2.06. The van der Waals surface area contributed by atoms with Gasteiger partial charge in [-0.05, 0) is 24.3 Å². The van der Waals surface area contributed by atoms with Crippen LogP contribution in [0.1, 0.15) is 34.6 Å². The number of rotatable bonds is 4. The maximum absolute atomic E-state index is 4.40. The molecule has 1 nitrogen and oxygen atoms in total. The van der Waals surface area contributed by atoms with E-state index in [1.165, 1.54) is 0 Å². The van der Waals surface area contributed by atoms with Gasteiger partial charge in [0.2, 0.25) is 0 Å². The minimum absolute atomic E-state index is 0.481. The Morgan fingerprint density at radius 2 is 1.69 bits per heavy atom. The van der Waals surface area contributed by atoms with Crippen LogP contribution in [0.2, 0.25) is 0 Å². The summed E-state index contributed by atoms with van der Waals surface area (Å²) in [6, 6.07) is 0. The molecule has 74 valence electrons. The van der Waals surface area contributed by atoms with Crippen LogP contribution in [0.3, 0.4) is 0 Å². The average molecular weight is 179 g/mol. The van der Waals surface area contributed by atoms with Gasteiger partial charge in [0.05, 0.1) is 0 Å². The van der Waals surface area contributed by atoms with Gasteiger partial charge in [-0.15, -0.1) is 0 Å². The topological polar surface area (TPSA) is 12.4 Å². The molecule has 0 atom stereocenters. The number of nitrogens with zero attached hydrogens (tertiary/aromatic N) is 1. The van der Waals surface area contributed by atoms with Crippen LogP contribution in [0, 0.1) is 11.8 Å². The van der Waals surface area contributed by atoms with E-state index in [1.807, 2.05) is 13.1 Å². The molecular formula is C12H21N. The largest absolute Gasteiger partial charge is 0.261 e. The lowest BCUT2D eigenvalue weighted by Crippen LogP contribution is -1.96. The highest BCUT2D eigenvalue weighted by Gasteiger charge is 2.00. The quantitative estimate of drug-likeness (QED) is 0.582. The molecule has 0 aromatic carbocycles. The summed E-state index contributed by atoms with van der Waals surface area (Å²) in [4.78, 5) is 4.40. The molecule has 0 radical (unpaired) electrons. The van der Waals surface area contributed by atoms with Gasteiger partial charge < -0.3 is 0 Å². The molecule has 0 saturated heterocycles. The van der Waals surface area contributed by atoms with Crippen LogP contribution < -0.4 is 0 Å². The molecule has 0 aliphatic heterocycles. The molecule has 0 fully saturated rings. The fourth-order valence-corrected chi connectivity index (χ4v) is 0.863. The van der Waals surface area contributed by atoms with E-state index in [-0.39, 0.29) is 0 Å². The third-order valence-corrected chi connectivity index (χ3v) is 2.01. The van der Waals surface area contributed by atoms with Gasteiger partial charge in [0.25, 0.3) is 0 Å². The molecule has 0 amide bonds. The lowest BCUT2D eigenvalue weighted by molar-refractivity contribution is 0.754. The van der Waals surface area contributed by atoms with Gasteiger partial charge in [0.1, 0.15) is 0 Å². The van der Waals surface area contributed by atoms with Crippen LogP contribution in [0.4, 0.5) is 0 Å². The molecule has 0 aliphatic carbocycles. The predicted octanol–water partition coefficient (Wildman–Crippen LogP) is 3.83. The Labute approximate surface area is 82.3 Å². The fourth-order valence-electron chi connectivity index (χ4n) is 0.863. The third kappa shape index (κ3) is 4.66. The minimum Gasteiger partial charge on any atom is -0.261 e. The van der Waals surface area contributed by atoms with Crippen molar-refractivity contribution in [3.05, 3.63) is 23.9 Å². The summed E-state index contributed by atoms with van der Waals surface area (Å²) < 4.78 is 0. The molecule has 0 spiro atoms. The summed E-state index contributed by atoms with van der Waals surface area (Å²) in [5, 5.41) is 0. The van der Waals surface area contributed by atoms with Gasteiger partial charge in [0.15, 0.2) is 0 Å². The maximum Gasteiger partial charge on any atom is 0.0386 e. The molecule has 0 aliphatic rings. The van der Waals surface area contributed by atoms with Crippen molar-refractivity contribution in [2.24, 2.45) is 16.8 Å². The van der Waals surface area contributed by atoms with Crippen molar-refractivity contribution in [1.29, 1.82) is 0 Å². The van der Waals surface area contributed by atoms with Crippen molar-refractivity contribution in [2.45, 2.75) is 34.6 Å². The van der Waals surface area contributed by atoms with Gasteiger partial charge in [-0.1, -0.05) is 40.3 Å². The molecule has 0 unspecified atom stereocenters. The van der Waals surface area contributed by atoms with E-state index >= 15 is 0 Å². The summed E-state index contributed by atoms with van der Waals surface area (Å²) >= 11 is 0. The van der Waals surface area contributed by atoms with Crippen LogP contribution in [-0.4, -0.2) is 6.21 Å². The second kappa shape index (κ2) is 5.74. The summed E-state index contributed by atoms with van der Waals surface area (Å²) in [6.45, 7) is 14.5. The zero-order valence-corrected chi connectivity index (χ0v) is 9.46. The average Bonchev–Trinajstić information content (AvgIpc) is 2.04. The summed E-state index contributed by atoms with van der Waals surface area (Å²) in [6.07, 6.45) is 3.93. The lowest BCUT2D eigenvalue weighted by atomic mass is 10.1. The Balaban J connectivity index is 4.34. The van der Waals surface area contributed by atoms with E-state index < -0.39 is 0 Å². The maximum atomic E-state index is 4.40. The van der Waals surface area contributed by atoms with E-state index in [0.717, 1.165) is 11.3 Å². The second-order valence-electron chi connectivity index (χ2n) is 3.86. The Bertz CT molecular complexity index is 219. The van der Waals surface area contributed by atoms with Crippen molar-refractivity contribution in [1.82, 2.24) is 0 Å². The first kappa shape index (κ1) is 12.2. The Kier molecular flexibility index (Phi) is 5.36. The number of allylic oxidation sites excluding steroid dienone is 3. The van der Waals surface area contributed by atoms with E-state index in [0.29, 0.717) is 11.8 Å². The molecule has 0 bridgehead atoms. The first-order valence-corrected chi connectivity index (χ1v) is 4.88. The van der Waals surface area contributed by atoms with Crippen LogP contribution in [0.15, 0.2) is 28.9 Å².